The van der Waals surface area contributed by atoms with E-state index in [0.29, 0.717) is 18.5 Å². The van der Waals surface area contributed by atoms with E-state index in [1.165, 1.54) is 24.3 Å². The molecule has 0 saturated heterocycles. The van der Waals surface area contributed by atoms with Gasteiger partial charge in [-0.2, -0.15) is 0 Å². The molecule has 0 saturated carbocycles. The third-order valence-corrected chi connectivity index (χ3v) is 4.37. The molecule has 0 radical (unpaired) electrons. The van der Waals surface area contributed by atoms with Gasteiger partial charge in [0.1, 0.15) is 0 Å². The van der Waals surface area contributed by atoms with E-state index in [4.69, 9.17) is 5.11 Å². The number of amides is 1. The second kappa shape index (κ2) is 10.5. The lowest BCUT2D eigenvalue weighted by atomic mass is 9.86. The molecule has 0 fully saturated rings. The summed E-state index contributed by atoms with van der Waals surface area (Å²) in [5.41, 5.74) is 0.684. The highest BCUT2D eigenvalue weighted by molar-refractivity contribution is 5.92. The Bertz CT molecular complexity index is 582. The van der Waals surface area contributed by atoms with E-state index in [2.05, 4.69) is 12.2 Å². The van der Waals surface area contributed by atoms with Crippen molar-refractivity contribution in [3.05, 3.63) is 29.8 Å². The van der Waals surface area contributed by atoms with Crippen molar-refractivity contribution in [2.45, 2.75) is 52.4 Å². The number of carbonyl (C=O) groups is 3. The molecule has 0 aliphatic heterocycles. The number of nitrogens with one attached hydrogen (secondary N) is 1. The van der Waals surface area contributed by atoms with Crippen LogP contribution in [0.1, 0.15) is 62.7 Å². The first-order chi connectivity index (χ1) is 11.8. The van der Waals surface area contributed by atoms with Crippen LogP contribution in [0.3, 0.4) is 0 Å². The van der Waals surface area contributed by atoms with Crippen LogP contribution in [0, 0.1) is 11.8 Å². The molecule has 0 heterocycles. The third kappa shape index (κ3) is 7.37. The number of carbonyl (C=O) groups excluding carboxylic acids is 1. The second-order valence-electron chi connectivity index (χ2n) is 6.39. The van der Waals surface area contributed by atoms with Crippen LogP contribution in [0.5, 0.6) is 0 Å². The lowest BCUT2D eigenvalue weighted by molar-refractivity contribution is -0.144. The van der Waals surface area contributed by atoms with E-state index in [-0.39, 0.29) is 23.8 Å². The van der Waals surface area contributed by atoms with Gasteiger partial charge < -0.3 is 15.5 Å². The molecule has 0 aromatic heterocycles. The third-order valence-electron chi connectivity index (χ3n) is 4.37. The van der Waals surface area contributed by atoms with Gasteiger partial charge in [0, 0.05) is 12.1 Å². The van der Waals surface area contributed by atoms with E-state index in [0.717, 1.165) is 19.3 Å². The Labute approximate surface area is 148 Å². The summed E-state index contributed by atoms with van der Waals surface area (Å²) in [6.45, 7) is 3.95. The van der Waals surface area contributed by atoms with E-state index in [9.17, 15) is 19.5 Å². The molecular formula is C19H27NO5. The van der Waals surface area contributed by atoms with Gasteiger partial charge in [-0.25, -0.2) is 4.79 Å². The van der Waals surface area contributed by atoms with Crippen molar-refractivity contribution in [3.63, 3.8) is 0 Å². The van der Waals surface area contributed by atoms with Crippen molar-refractivity contribution < 1.29 is 24.6 Å². The summed E-state index contributed by atoms with van der Waals surface area (Å²) in [5, 5.41) is 20.9. The summed E-state index contributed by atoms with van der Waals surface area (Å²) in [6.07, 6.45) is 4.33. The number of hydrogen-bond acceptors (Lipinski definition) is 3. The van der Waals surface area contributed by atoms with Crippen molar-refractivity contribution in [2.75, 3.05) is 5.32 Å². The maximum atomic E-state index is 12.0. The number of hydrogen-bond donors (Lipinski definition) is 3. The maximum Gasteiger partial charge on any atom is 0.335 e. The zero-order valence-electron chi connectivity index (χ0n) is 14.8. The summed E-state index contributed by atoms with van der Waals surface area (Å²) in [5.74, 6) is -2.51. The fourth-order valence-electron chi connectivity index (χ4n) is 2.75. The number of aliphatic carboxylic acids is 1. The van der Waals surface area contributed by atoms with Gasteiger partial charge in [0.25, 0.3) is 0 Å². The van der Waals surface area contributed by atoms with Crippen molar-refractivity contribution in [1.82, 2.24) is 0 Å². The minimum atomic E-state index is -1.02. The monoisotopic (exact) mass is 349 g/mol. The van der Waals surface area contributed by atoms with Crippen LogP contribution in [0.2, 0.25) is 0 Å². The van der Waals surface area contributed by atoms with Gasteiger partial charge in [-0.05, 0) is 43.0 Å². The molecule has 0 aliphatic carbocycles. The van der Waals surface area contributed by atoms with E-state index < -0.39 is 17.9 Å². The summed E-state index contributed by atoms with van der Waals surface area (Å²) in [6, 6.07) is 5.93. The second-order valence-corrected chi connectivity index (χ2v) is 6.39. The van der Waals surface area contributed by atoms with Crippen LogP contribution in [0.15, 0.2) is 24.3 Å². The zero-order valence-corrected chi connectivity index (χ0v) is 14.8. The van der Waals surface area contributed by atoms with Crippen LogP contribution >= 0.6 is 0 Å². The number of anilines is 1. The summed E-state index contributed by atoms with van der Waals surface area (Å²) in [7, 11) is 0. The minimum absolute atomic E-state index is 0.0745. The first-order valence-electron chi connectivity index (χ1n) is 8.71. The Hall–Kier alpha value is -2.37. The van der Waals surface area contributed by atoms with Gasteiger partial charge in [0.2, 0.25) is 5.91 Å². The molecule has 6 heteroatoms. The van der Waals surface area contributed by atoms with Crippen molar-refractivity contribution >= 4 is 23.5 Å². The zero-order chi connectivity index (χ0) is 18.8. The Kier molecular flexibility index (Phi) is 8.67. The topological polar surface area (TPSA) is 104 Å². The van der Waals surface area contributed by atoms with Gasteiger partial charge in [0.05, 0.1) is 11.5 Å². The number of aromatic carboxylic acids is 1. The van der Waals surface area contributed by atoms with E-state index in [1.54, 1.807) is 0 Å². The highest BCUT2D eigenvalue weighted by Gasteiger charge is 2.24. The fraction of sp³-hybridized carbons (Fsp3) is 0.526. The minimum Gasteiger partial charge on any atom is -0.481 e. The van der Waals surface area contributed by atoms with E-state index >= 15 is 0 Å². The molecule has 2 atom stereocenters. The first kappa shape index (κ1) is 20.7. The quantitative estimate of drug-likeness (QED) is 0.523. The molecule has 2 unspecified atom stereocenters. The summed E-state index contributed by atoms with van der Waals surface area (Å²) < 4.78 is 0. The number of benzene rings is 1. The van der Waals surface area contributed by atoms with Crippen LogP contribution in [-0.2, 0) is 9.59 Å². The molecule has 0 aliphatic rings. The summed E-state index contributed by atoms with van der Waals surface area (Å²) >= 11 is 0. The number of unbranched alkanes of at least 4 members (excludes halogenated alkanes) is 2. The molecular weight excluding hydrogens is 322 g/mol. The molecule has 1 rings (SSSR count). The Morgan fingerprint density at radius 3 is 2.20 bits per heavy atom. The van der Waals surface area contributed by atoms with Crippen LogP contribution in [0.4, 0.5) is 5.69 Å². The SMILES string of the molecule is CCCCCC(C(=O)O)C(C)CCC(=O)Nc1ccc(C(=O)O)cc1. The molecule has 6 nitrogen and oxygen atoms in total. The maximum absolute atomic E-state index is 12.0. The molecule has 3 N–H and O–H groups in total. The van der Waals surface area contributed by atoms with Crippen LogP contribution < -0.4 is 5.32 Å². The first-order valence-corrected chi connectivity index (χ1v) is 8.71. The van der Waals surface area contributed by atoms with Crippen LogP contribution in [0.25, 0.3) is 0 Å². The average molecular weight is 349 g/mol. The Morgan fingerprint density at radius 2 is 1.68 bits per heavy atom. The van der Waals surface area contributed by atoms with Crippen molar-refractivity contribution in [3.8, 4) is 0 Å². The van der Waals surface area contributed by atoms with Gasteiger partial charge in [-0.15, -0.1) is 0 Å². The largest absolute Gasteiger partial charge is 0.481 e. The Balaban J connectivity index is 2.47. The highest BCUT2D eigenvalue weighted by atomic mass is 16.4. The lowest BCUT2D eigenvalue weighted by Crippen LogP contribution is -2.23. The lowest BCUT2D eigenvalue weighted by Gasteiger charge is -2.20. The molecule has 25 heavy (non-hydrogen) atoms. The molecule has 1 aromatic rings. The van der Waals surface area contributed by atoms with Crippen molar-refractivity contribution in [2.24, 2.45) is 11.8 Å². The number of rotatable bonds is 11. The fourth-order valence-corrected chi connectivity index (χ4v) is 2.75. The van der Waals surface area contributed by atoms with Gasteiger partial charge >= 0.3 is 11.9 Å². The molecule has 138 valence electrons. The molecule has 1 amide bonds. The van der Waals surface area contributed by atoms with Crippen LogP contribution in [-0.4, -0.2) is 28.1 Å². The normalized spacial score (nSPS) is 13.0. The standard InChI is InChI=1S/C19H27NO5/c1-3-4-5-6-16(19(24)25)13(2)7-12-17(21)20-15-10-8-14(9-11-15)18(22)23/h8-11,13,16H,3-7,12H2,1-2H3,(H,20,21)(H,22,23)(H,24,25). The van der Waals surface area contributed by atoms with Gasteiger partial charge in [0.15, 0.2) is 0 Å². The highest BCUT2D eigenvalue weighted by Crippen LogP contribution is 2.24. The molecule has 1 aromatic carbocycles. The number of carboxylic acid groups (broad SMARTS) is 2. The molecule has 0 spiro atoms. The summed E-state index contributed by atoms with van der Waals surface area (Å²) in [4.78, 5) is 34.2. The predicted octanol–water partition coefficient (Wildman–Crippen LogP) is 4.02. The van der Waals surface area contributed by atoms with Gasteiger partial charge in [-0.3, -0.25) is 9.59 Å². The average Bonchev–Trinajstić information content (AvgIpc) is 2.56. The number of carboxylic acids is 2. The smallest absolute Gasteiger partial charge is 0.335 e. The molecule has 0 bridgehead atoms. The van der Waals surface area contributed by atoms with Gasteiger partial charge in [-0.1, -0.05) is 33.1 Å². The van der Waals surface area contributed by atoms with Crippen molar-refractivity contribution in [1.29, 1.82) is 0 Å². The predicted molar refractivity (Wildman–Crippen MR) is 95.7 cm³/mol. The Morgan fingerprint density at radius 1 is 1.04 bits per heavy atom. The van der Waals surface area contributed by atoms with E-state index in [1.807, 2.05) is 6.92 Å².